The van der Waals surface area contributed by atoms with Crippen LogP contribution in [-0.4, -0.2) is 85.6 Å². The first-order chi connectivity index (χ1) is 13.6. The molecule has 0 aromatic carbocycles. The number of hydrogen-bond acceptors (Lipinski definition) is 6. The van der Waals surface area contributed by atoms with Gasteiger partial charge in [0, 0.05) is 58.7 Å². The summed E-state index contributed by atoms with van der Waals surface area (Å²) >= 11 is 0. The van der Waals surface area contributed by atoms with Crippen molar-refractivity contribution >= 4 is 5.91 Å². The molecule has 0 saturated carbocycles. The fourth-order valence-corrected chi connectivity index (χ4v) is 4.66. The number of likely N-dealkylation sites (tertiary alicyclic amines) is 1. The fraction of sp³-hybridized carbons (Fsp3) is 0.714. The lowest BCUT2D eigenvalue weighted by atomic mass is 9.93. The summed E-state index contributed by atoms with van der Waals surface area (Å²) in [7, 11) is 5.40. The molecular weight excluding hydrogens is 356 g/mol. The van der Waals surface area contributed by atoms with E-state index in [4.69, 9.17) is 14.5 Å². The highest BCUT2D eigenvalue weighted by atomic mass is 16.7. The first kappa shape index (κ1) is 19.8. The smallest absolute Gasteiger partial charge is 0.237 e. The highest BCUT2D eigenvalue weighted by Gasteiger charge is 2.34. The minimum absolute atomic E-state index is 0.204. The van der Waals surface area contributed by atoms with Gasteiger partial charge in [-0.2, -0.15) is 0 Å². The van der Waals surface area contributed by atoms with E-state index >= 15 is 0 Å². The Kier molecular flexibility index (Phi) is 5.96. The lowest BCUT2D eigenvalue weighted by molar-refractivity contribution is -0.139. The van der Waals surface area contributed by atoms with Crippen molar-refractivity contribution in [1.82, 2.24) is 19.7 Å². The Morgan fingerprint density at radius 1 is 1.18 bits per heavy atom. The van der Waals surface area contributed by atoms with Crippen LogP contribution < -0.4 is 0 Å². The van der Waals surface area contributed by atoms with Crippen LogP contribution in [0.2, 0.25) is 0 Å². The van der Waals surface area contributed by atoms with Crippen molar-refractivity contribution in [2.75, 3.05) is 54.0 Å². The van der Waals surface area contributed by atoms with Crippen LogP contribution in [0.15, 0.2) is 6.07 Å². The van der Waals surface area contributed by atoms with Crippen molar-refractivity contribution in [3.05, 3.63) is 28.6 Å². The van der Waals surface area contributed by atoms with Gasteiger partial charge in [0.25, 0.3) is 0 Å². The third-order valence-corrected chi connectivity index (χ3v) is 6.34. The second-order valence-electron chi connectivity index (χ2n) is 8.31. The molecule has 0 spiro atoms. The Morgan fingerprint density at radius 2 is 1.93 bits per heavy atom. The maximum absolute atomic E-state index is 12.8. The molecule has 1 aliphatic carbocycles. The first-order valence-corrected chi connectivity index (χ1v) is 10.4. The van der Waals surface area contributed by atoms with Gasteiger partial charge >= 0.3 is 0 Å². The summed E-state index contributed by atoms with van der Waals surface area (Å²) in [5, 5.41) is 0. The molecule has 2 fully saturated rings. The van der Waals surface area contributed by atoms with Gasteiger partial charge in [-0.05, 0) is 43.9 Å². The number of carbonyl (C=O) groups excluding carboxylic acids is 1. The van der Waals surface area contributed by atoms with E-state index in [1.807, 2.05) is 4.90 Å². The number of rotatable bonds is 6. The van der Waals surface area contributed by atoms with Gasteiger partial charge < -0.3 is 19.3 Å². The number of hydrogen-bond donors (Lipinski definition) is 0. The van der Waals surface area contributed by atoms with Gasteiger partial charge in [-0.25, -0.2) is 0 Å². The molecule has 3 aliphatic rings. The number of ether oxygens (including phenoxy) is 2. The van der Waals surface area contributed by atoms with Crippen molar-refractivity contribution in [2.24, 2.45) is 0 Å². The topological polar surface area (TPSA) is 58.1 Å². The van der Waals surface area contributed by atoms with Gasteiger partial charge in [0.15, 0.2) is 0 Å². The lowest BCUT2D eigenvalue weighted by Crippen LogP contribution is -2.63. The van der Waals surface area contributed by atoms with Crippen LogP contribution in [0.5, 0.6) is 0 Å². The molecule has 2 aliphatic heterocycles. The first-order valence-electron chi connectivity index (χ1n) is 10.4. The highest BCUT2D eigenvalue weighted by Crippen LogP contribution is 2.28. The Bertz CT molecular complexity index is 716. The number of carbonyl (C=O) groups is 1. The molecule has 154 valence electrons. The van der Waals surface area contributed by atoms with Crippen LogP contribution in [0.4, 0.5) is 0 Å². The van der Waals surface area contributed by atoms with E-state index in [2.05, 4.69) is 22.9 Å². The molecule has 4 rings (SSSR count). The van der Waals surface area contributed by atoms with E-state index in [-0.39, 0.29) is 5.91 Å². The largest absolute Gasteiger partial charge is 0.350 e. The molecule has 0 N–H and O–H groups in total. The van der Waals surface area contributed by atoms with Crippen molar-refractivity contribution in [2.45, 2.75) is 44.6 Å². The number of amides is 1. The number of aromatic nitrogens is 1. The fourth-order valence-electron chi connectivity index (χ4n) is 4.66. The number of fused-ring (bicyclic) bond motifs is 1. The monoisotopic (exact) mass is 388 g/mol. The van der Waals surface area contributed by atoms with Gasteiger partial charge in [0.2, 0.25) is 12.2 Å². The standard InChI is InChI=1S/C21H32N4O3/c1-23-12-17(13-23)24-8-9-25(19(26)14-24)11-16-10-15-6-4-5-7-18(15)22-20(16)21(27-2)28-3/h10,17,21H,4-9,11-14H2,1-3H3. The van der Waals surface area contributed by atoms with Crippen LogP contribution in [0, 0.1) is 0 Å². The third-order valence-electron chi connectivity index (χ3n) is 6.34. The van der Waals surface area contributed by atoms with Crippen LogP contribution in [-0.2, 0) is 33.7 Å². The maximum Gasteiger partial charge on any atom is 0.237 e. The molecule has 28 heavy (non-hydrogen) atoms. The second kappa shape index (κ2) is 8.45. The lowest BCUT2D eigenvalue weighted by Gasteiger charge is -2.46. The third kappa shape index (κ3) is 3.94. The zero-order valence-electron chi connectivity index (χ0n) is 17.3. The molecule has 1 aromatic heterocycles. The average Bonchev–Trinajstić information content (AvgIpc) is 2.68. The van der Waals surface area contributed by atoms with E-state index in [0.717, 1.165) is 56.0 Å². The maximum atomic E-state index is 12.8. The number of piperazine rings is 1. The number of pyridine rings is 1. The van der Waals surface area contributed by atoms with E-state index in [0.29, 0.717) is 19.1 Å². The highest BCUT2D eigenvalue weighted by molar-refractivity contribution is 5.79. The number of likely N-dealkylation sites (N-methyl/N-ethyl adjacent to an activating group) is 1. The summed E-state index contributed by atoms with van der Waals surface area (Å²) in [5.74, 6) is 0.204. The van der Waals surface area contributed by atoms with E-state index in [1.165, 1.54) is 18.4 Å². The summed E-state index contributed by atoms with van der Waals surface area (Å²) in [5.41, 5.74) is 4.36. The number of nitrogens with zero attached hydrogens (tertiary/aromatic N) is 4. The summed E-state index contributed by atoms with van der Waals surface area (Å²) < 4.78 is 11.0. The predicted molar refractivity (Wildman–Crippen MR) is 106 cm³/mol. The summed E-state index contributed by atoms with van der Waals surface area (Å²) in [6.07, 6.45) is 3.97. The predicted octanol–water partition coefficient (Wildman–Crippen LogP) is 1.21. The minimum Gasteiger partial charge on any atom is -0.350 e. The van der Waals surface area contributed by atoms with Gasteiger partial charge in [-0.3, -0.25) is 14.7 Å². The molecule has 0 atom stereocenters. The van der Waals surface area contributed by atoms with Crippen LogP contribution in [0.3, 0.4) is 0 Å². The average molecular weight is 389 g/mol. The van der Waals surface area contributed by atoms with Gasteiger partial charge in [-0.1, -0.05) is 6.07 Å². The number of aryl methyl sites for hydroxylation is 2. The molecule has 7 heteroatoms. The molecule has 3 heterocycles. The van der Waals surface area contributed by atoms with Gasteiger partial charge in [0.05, 0.1) is 6.54 Å². The van der Waals surface area contributed by atoms with Crippen molar-refractivity contribution < 1.29 is 14.3 Å². The molecular formula is C21H32N4O3. The van der Waals surface area contributed by atoms with E-state index < -0.39 is 6.29 Å². The van der Waals surface area contributed by atoms with Gasteiger partial charge in [-0.15, -0.1) is 0 Å². The zero-order valence-corrected chi connectivity index (χ0v) is 17.3. The molecule has 2 saturated heterocycles. The molecule has 1 aromatic rings. The second-order valence-corrected chi connectivity index (χ2v) is 8.31. The summed E-state index contributed by atoms with van der Waals surface area (Å²) in [4.78, 5) is 24.3. The van der Waals surface area contributed by atoms with Crippen LogP contribution >= 0.6 is 0 Å². The normalized spacial score (nSPS) is 21.9. The van der Waals surface area contributed by atoms with Crippen LogP contribution in [0.1, 0.15) is 41.6 Å². The zero-order chi connectivity index (χ0) is 19.7. The molecule has 0 radical (unpaired) electrons. The quantitative estimate of drug-likeness (QED) is 0.683. The van der Waals surface area contributed by atoms with Crippen LogP contribution in [0.25, 0.3) is 0 Å². The molecule has 1 amide bonds. The molecule has 0 bridgehead atoms. The number of methoxy groups -OCH3 is 2. The van der Waals surface area contributed by atoms with Crippen molar-refractivity contribution in [3.63, 3.8) is 0 Å². The van der Waals surface area contributed by atoms with E-state index in [1.54, 1.807) is 14.2 Å². The van der Waals surface area contributed by atoms with Crippen molar-refractivity contribution in [1.29, 1.82) is 0 Å². The summed E-state index contributed by atoms with van der Waals surface area (Å²) in [6.45, 7) is 4.93. The Morgan fingerprint density at radius 3 is 2.61 bits per heavy atom. The minimum atomic E-state index is -0.496. The van der Waals surface area contributed by atoms with Gasteiger partial charge in [0.1, 0.15) is 5.69 Å². The SMILES string of the molecule is COC(OC)c1nc2c(cc1CN1CCN(C3CN(C)C3)CC1=O)CCCC2. The van der Waals surface area contributed by atoms with E-state index in [9.17, 15) is 4.79 Å². The molecule has 7 nitrogen and oxygen atoms in total. The Balaban J connectivity index is 1.51. The van der Waals surface area contributed by atoms with Crippen molar-refractivity contribution in [3.8, 4) is 0 Å². The Labute approximate surface area is 167 Å². The Hall–Kier alpha value is -1.54. The summed E-state index contributed by atoms with van der Waals surface area (Å²) in [6, 6.07) is 2.77. The molecule has 0 unspecified atom stereocenters.